The van der Waals surface area contributed by atoms with Crippen LogP contribution in [0.3, 0.4) is 0 Å². The SMILES string of the molecule is CCNCCC(C)c1cccc(C(F)(F)F)c1. The molecule has 4 heteroatoms. The van der Waals surface area contributed by atoms with Crippen molar-refractivity contribution in [1.29, 1.82) is 0 Å². The van der Waals surface area contributed by atoms with Gasteiger partial charge in [0.15, 0.2) is 0 Å². The molecule has 1 N–H and O–H groups in total. The number of halogens is 3. The number of benzene rings is 1. The Balaban J connectivity index is 2.71. The summed E-state index contributed by atoms with van der Waals surface area (Å²) in [5, 5.41) is 3.17. The predicted octanol–water partition coefficient (Wildman–Crippen LogP) is 3.81. The Morgan fingerprint density at radius 2 is 2.00 bits per heavy atom. The fourth-order valence-electron chi connectivity index (χ4n) is 1.68. The van der Waals surface area contributed by atoms with Gasteiger partial charge in [0.25, 0.3) is 0 Å². The van der Waals surface area contributed by atoms with E-state index in [-0.39, 0.29) is 5.92 Å². The topological polar surface area (TPSA) is 12.0 Å². The molecule has 0 radical (unpaired) electrons. The number of hydrogen-bond donors (Lipinski definition) is 1. The van der Waals surface area contributed by atoms with E-state index >= 15 is 0 Å². The summed E-state index contributed by atoms with van der Waals surface area (Å²) in [6.07, 6.45) is -3.41. The Hall–Kier alpha value is -1.03. The minimum atomic E-state index is -4.25. The summed E-state index contributed by atoms with van der Waals surface area (Å²) >= 11 is 0. The van der Waals surface area contributed by atoms with Crippen LogP contribution in [-0.4, -0.2) is 13.1 Å². The molecule has 1 atom stereocenters. The molecule has 0 aliphatic heterocycles. The molecule has 1 nitrogen and oxygen atoms in total. The Bertz CT molecular complexity index is 347. The molecule has 96 valence electrons. The fraction of sp³-hybridized carbons (Fsp3) is 0.538. The van der Waals surface area contributed by atoms with E-state index < -0.39 is 11.7 Å². The van der Waals surface area contributed by atoms with Crippen molar-refractivity contribution in [3.8, 4) is 0 Å². The van der Waals surface area contributed by atoms with Gasteiger partial charge in [-0.3, -0.25) is 0 Å². The van der Waals surface area contributed by atoms with Crippen molar-refractivity contribution in [2.45, 2.75) is 32.4 Å². The van der Waals surface area contributed by atoms with Gasteiger partial charge in [0.2, 0.25) is 0 Å². The van der Waals surface area contributed by atoms with E-state index in [0.717, 1.165) is 31.1 Å². The Morgan fingerprint density at radius 1 is 1.29 bits per heavy atom. The van der Waals surface area contributed by atoms with Crippen LogP contribution in [0.1, 0.15) is 37.3 Å². The molecule has 0 aliphatic rings. The highest BCUT2D eigenvalue weighted by atomic mass is 19.4. The van der Waals surface area contributed by atoms with Gasteiger partial charge in [0, 0.05) is 0 Å². The predicted molar refractivity (Wildman–Crippen MR) is 63.0 cm³/mol. The second-order valence-electron chi connectivity index (χ2n) is 4.17. The first-order chi connectivity index (χ1) is 7.95. The van der Waals surface area contributed by atoms with Gasteiger partial charge in [0.05, 0.1) is 5.56 Å². The molecule has 17 heavy (non-hydrogen) atoms. The lowest BCUT2D eigenvalue weighted by Gasteiger charge is -2.14. The zero-order chi connectivity index (χ0) is 12.9. The van der Waals surface area contributed by atoms with E-state index in [1.54, 1.807) is 6.07 Å². The summed E-state index contributed by atoms with van der Waals surface area (Å²) in [6.45, 7) is 5.67. The summed E-state index contributed by atoms with van der Waals surface area (Å²) in [5.41, 5.74) is 0.183. The van der Waals surface area contributed by atoms with E-state index in [2.05, 4.69) is 5.32 Å². The maximum Gasteiger partial charge on any atom is 0.416 e. The minimum absolute atomic E-state index is 0.136. The van der Waals surface area contributed by atoms with Crippen LogP contribution < -0.4 is 5.32 Å². The van der Waals surface area contributed by atoms with Crippen molar-refractivity contribution in [3.05, 3.63) is 35.4 Å². The van der Waals surface area contributed by atoms with Crippen LogP contribution >= 0.6 is 0 Å². The van der Waals surface area contributed by atoms with Gasteiger partial charge < -0.3 is 5.32 Å². The highest BCUT2D eigenvalue weighted by Gasteiger charge is 2.30. The number of hydrogen-bond acceptors (Lipinski definition) is 1. The Kier molecular flexibility index (Phi) is 5.00. The molecule has 0 spiro atoms. The van der Waals surface area contributed by atoms with Gasteiger partial charge >= 0.3 is 6.18 Å². The molecular formula is C13H18F3N. The molecule has 0 heterocycles. The van der Waals surface area contributed by atoms with E-state index in [0.29, 0.717) is 0 Å². The lowest BCUT2D eigenvalue weighted by atomic mass is 9.96. The van der Waals surface area contributed by atoms with Crippen molar-refractivity contribution in [3.63, 3.8) is 0 Å². The third-order valence-electron chi connectivity index (χ3n) is 2.79. The second kappa shape index (κ2) is 6.05. The lowest BCUT2D eigenvalue weighted by molar-refractivity contribution is -0.137. The molecule has 0 saturated heterocycles. The van der Waals surface area contributed by atoms with Gasteiger partial charge in [-0.2, -0.15) is 13.2 Å². The quantitative estimate of drug-likeness (QED) is 0.778. The largest absolute Gasteiger partial charge is 0.416 e. The third kappa shape index (κ3) is 4.38. The molecule has 0 bridgehead atoms. The Labute approximate surface area is 100 Å². The van der Waals surface area contributed by atoms with Crippen LogP contribution in [0, 0.1) is 0 Å². The fourth-order valence-corrected chi connectivity index (χ4v) is 1.68. The molecule has 0 aromatic heterocycles. The van der Waals surface area contributed by atoms with E-state index in [9.17, 15) is 13.2 Å². The third-order valence-corrected chi connectivity index (χ3v) is 2.79. The molecule has 1 unspecified atom stereocenters. The van der Waals surface area contributed by atoms with E-state index in [1.165, 1.54) is 12.1 Å². The molecule has 0 aliphatic carbocycles. The molecule has 0 fully saturated rings. The summed E-state index contributed by atoms with van der Waals surface area (Å²) in [6, 6.07) is 5.59. The van der Waals surface area contributed by atoms with Crippen molar-refractivity contribution in [2.24, 2.45) is 0 Å². The molecule has 1 aromatic carbocycles. The first-order valence-electron chi connectivity index (χ1n) is 5.83. The highest BCUT2D eigenvalue weighted by Crippen LogP contribution is 2.31. The maximum atomic E-state index is 12.5. The zero-order valence-electron chi connectivity index (χ0n) is 10.1. The summed E-state index contributed by atoms with van der Waals surface area (Å²) < 4.78 is 37.6. The standard InChI is InChI=1S/C13H18F3N/c1-3-17-8-7-10(2)11-5-4-6-12(9-11)13(14,15)16/h4-6,9-10,17H,3,7-8H2,1-2H3. The van der Waals surface area contributed by atoms with Crippen LogP contribution in [0.15, 0.2) is 24.3 Å². The van der Waals surface area contributed by atoms with Crippen LogP contribution in [0.25, 0.3) is 0 Å². The van der Waals surface area contributed by atoms with E-state index in [1.807, 2.05) is 13.8 Å². The zero-order valence-corrected chi connectivity index (χ0v) is 10.1. The van der Waals surface area contributed by atoms with Gasteiger partial charge in [-0.15, -0.1) is 0 Å². The van der Waals surface area contributed by atoms with Crippen LogP contribution in [0.2, 0.25) is 0 Å². The smallest absolute Gasteiger partial charge is 0.317 e. The van der Waals surface area contributed by atoms with Crippen LogP contribution in [0.5, 0.6) is 0 Å². The van der Waals surface area contributed by atoms with Gasteiger partial charge in [0.1, 0.15) is 0 Å². The monoisotopic (exact) mass is 245 g/mol. The number of alkyl halides is 3. The molecule has 0 amide bonds. The normalized spacial score (nSPS) is 13.7. The highest BCUT2D eigenvalue weighted by molar-refractivity contribution is 5.27. The molecular weight excluding hydrogens is 227 g/mol. The molecule has 0 saturated carbocycles. The Morgan fingerprint density at radius 3 is 2.59 bits per heavy atom. The number of nitrogens with one attached hydrogen (secondary N) is 1. The average molecular weight is 245 g/mol. The first-order valence-corrected chi connectivity index (χ1v) is 5.83. The second-order valence-corrected chi connectivity index (χ2v) is 4.17. The van der Waals surface area contributed by atoms with Crippen molar-refractivity contribution >= 4 is 0 Å². The maximum absolute atomic E-state index is 12.5. The minimum Gasteiger partial charge on any atom is -0.317 e. The van der Waals surface area contributed by atoms with E-state index in [4.69, 9.17) is 0 Å². The van der Waals surface area contributed by atoms with Gasteiger partial charge in [-0.1, -0.05) is 32.0 Å². The van der Waals surface area contributed by atoms with Crippen LogP contribution in [0.4, 0.5) is 13.2 Å². The van der Waals surface area contributed by atoms with Crippen molar-refractivity contribution < 1.29 is 13.2 Å². The average Bonchev–Trinajstić information content (AvgIpc) is 2.28. The summed E-state index contributed by atoms with van der Waals surface area (Å²) in [7, 11) is 0. The lowest BCUT2D eigenvalue weighted by Crippen LogP contribution is -2.16. The van der Waals surface area contributed by atoms with Gasteiger partial charge in [-0.05, 0) is 37.1 Å². The summed E-state index contributed by atoms with van der Waals surface area (Å²) in [5.74, 6) is 0.136. The summed E-state index contributed by atoms with van der Waals surface area (Å²) in [4.78, 5) is 0. The van der Waals surface area contributed by atoms with Crippen molar-refractivity contribution in [1.82, 2.24) is 5.32 Å². The van der Waals surface area contributed by atoms with Gasteiger partial charge in [-0.25, -0.2) is 0 Å². The first kappa shape index (κ1) is 14.0. The molecule has 1 rings (SSSR count). The van der Waals surface area contributed by atoms with Crippen molar-refractivity contribution in [2.75, 3.05) is 13.1 Å². The molecule has 1 aromatic rings. The van der Waals surface area contributed by atoms with Crippen LogP contribution in [-0.2, 0) is 6.18 Å². The number of rotatable bonds is 5.